The van der Waals surface area contributed by atoms with Crippen molar-refractivity contribution >= 4 is 35.1 Å². The van der Waals surface area contributed by atoms with Gasteiger partial charge in [0.05, 0.1) is 10.6 Å². The van der Waals surface area contributed by atoms with Gasteiger partial charge in [0, 0.05) is 18.0 Å². The summed E-state index contributed by atoms with van der Waals surface area (Å²) in [5, 5.41) is 21.4. The summed E-state index contributed by atoms with van der Waals surface area (Å²) in [5.74, 6) is -1.40. The molecular formula is C17H23Cl2NO4. The van der Waals surface area contributed by atoms with Crippen molar-refractivity contribution < 1.29 is 19.8 Å². The number of aromatic hydroxyl groups is 1. The molecule has 0 saturated heterocycles. The quantitative estimate of drug-likeness (QED) is 0.491. The molecule has 0 fully saturated rings. The van der Waals surface area contributed by atoms with Gasteiger partial charge in [0.2, 0.25) is 0 Å². The highest BCUT2D eigenvalue weighted by Crippen LogP contribution is 2.30. The first-order chi connectivity index (χ1) is 11.4. The number of hydrogen-bond donors (Lipinski definition) is 3. The Morgan fingerprint density at radius 2 is 1.54 bits per heavy atom. The Bertz CT molecular complexity index is 564. The number of nitrogens with one attached hydrogen (secondary N) is 1. The summed E-state index contributed by atoms with van der Waals surface area (Å²) in [5.41, 5.74) is 0.0749. The van der Waals surface area contributed by atoms with Crippen molar-refractivity contribution in [2.45, 2.75) is 51.4 Å². The summed E-state index contributed by atoms with van der Waals surface area (Å²) < 4.78 is 0. The van der Waals surface area contributed by atoms with Crippen LogP contribution in [0, 0.1) is 0 Å². The number of carboxylic acid groups (broad SMARTS) is 1. The third kappa shape index (κ3) is 7.88. The molecule has 1 amide bonds. The van der Waals surface area contributed by atoms with Crippen LogP contribution in [0.15, 0.2) is 12.1 Å². The van der Waals surface area contributed by atoms with E-state index in [0.29, 0.717) is 11.6 Å². The highest BCUT2D eigenvalue weighted by atomic mass is 35.5. The number of benzene rings is 1. The highest BCUT2D eigenvalue weighted by Gasteiger charge is 2.14. The predicted molar refractivity (Wildman–Crippen MR) is 95.0 cm³/mol. The molecule has 7 heteroatoms. The van der Waals surface area contributed by atoms with Crippen LogP contribution < -0.4 is 5.32 Å². The van der Waals surface area contributed by atoms with Gasteiger partial charge < -0.3 is 15.5 Å². The van der Waals surface area contributed by atoms with Crippen LogP contribution in [0.1, 0.15) is 61.7 Å². The van der Waals surface area contributed by atoms with Crippen molar-refractivity contribution in [1.29, 1.82) is 0 Å². The van der Waals surface area contributed by atoms with Crippen LogP contribution in [0.25, 0.3) is 0 Å². The first kappa shape index (κ1) is 20.6. The van der Waals surface area contributed by atoms with Crippen molar-refractivity contribution in [2.75, 3.05) is 6.54 Å². The maximum absolute atomic E-state index is 12.0. The zero-order valence-corrected chi connectivity index (χ0v) is 15.0. The van der Waals surface area contributed by atoms with E-state index in [4.69, 9.17) is 28.3 Å². The minimum atomic E-state index is -0.738. The fraction of sp³-hybridized carbons (Fsp3) is 0.529. The van der Waals surface area contributed by atoms with E-state index in [1.807, 2.05) is 0 Å². The molecule has 0 aliphatic rings. The lowest BCUT2D eigenvalue weighted by atomic mass is 10.1. The Kier molecular flexibility index (Phi) is 9.57. The Hall–Kier alpha value is -1.46. The number of carbonyl (C=O) groups is 2. The second kappa shape index (κ2) is 11.2. The first-order valence-electron chi connectivity index (χ1n) is 8.10. The van der Waals surface area contributed by atoms with Crippen LogP contribution in [0.4, 0.5) is 0 Å². The second-order valence-corrected chi connectivity index (χ2v) is 6.50. The molecule has 0 bridgehead atoms. The lowest BCUT2D eigenvalue weighted by Crippen LogP contribution is -2.24. The maximum Gasteiger partial charge on any atom is 0.303 e. The van der Waals surface area contributed by atoms with E-state index in [-0.39, 0.29) is 22.8 Å². The summed E-state index contributed by atoms with van der Waals surface area (Å²) in [6.07, 6.45) is 6.91. The van der Waals surface area contributed by atoms with Gasteiger partial charge in [-0.25, -0.2) is 0 Å². The van der Waals surface area contributed by atoms with E-state index >= 15 is 0 Å². The highest BCUT2D eigenvalue weighted by molar-refractivity contribution is 6.36. The Balaban J connectivity index is 2.13. The van der Waals surface area contributed by atoms with Crippen LogP contribution in [-0.4, -0.2) is 28.6 Å². The number of carbonyl (C=O) groups excluding carboxylic acids is 1. The van der Waals surface area contributed by atoms with Crippen LogP contribution >= 0.6 is 23.2 Å². The number of halogens is 2. The minimum Gasteiger partial charge on any atom is -0.506 e. The van der Waals surface area contributed by atoms with Gasteiger partial charge in [0.15, 0.2) is 0 Å². The zero-order valence-electron chi connectivity index (χ0n) is 13.5. The van der Waals surface area contributed by atoms with Gasteiger partial charge in [-0.3, -0.25) is 9.59 Å². The van der Waals surface area contributed by atoms with E-state index in [9.17, 15) is 14.7 Å². The Labute approximate surface area is 152 Å². The molecule has 0 spiro atoms. The first-order valence-corrected chi connectivity index (χ1v) is 8.85. The maximum atomic E-state index is 12.0. The minimum absolute atomic E-state index is 0.0514. The summed E-state index contributed by atoms with van der Waals surface area (Å²) >= 11 is 11.6. The van der Waals surface area contributed by atoms with Crippen LogP contribution in [0.3, 0.4) is 0 Å². The summed E-state index contributed by atoms with van der Waals surface area (Å²) in [4.78, 5) is 22.4. The molecule has 0 aliphatic heterocycles. The molecule has 0 saturated carbocycles. The standard InChI is InChI=1S/C17H23Cl2NO4/c18-12-10-13(16(23)14(19)11-12)17(24)20-9-7-5-3-1-2-4-6-8-15(21)22/h10-11,23H,1-9H2,(H,20,24)(H,21,22). The van der Waals surface area contributed by atoms with Crippen LogP contribution in [0.5, 0.6) is 5.75 Å². The van der Waals surface area contributed by atoms with Crippen LogP contribution in [-0.2, 0) is 4.79 Å². The topological polar surface area (TPSA) is 86.6 Å². The molecule has 1 rings (SSSR count). The van der Waals surface area contributed by atoms with E-state index in [1.54, 1.807) is 0 Å². The van der Waals surface area contributed by atoms with Crippen LogP contribution in [0.2, 0.25) is 10.0 Å². The molecule has 1 aromatic carbocycles. The van der Waals surface area contributed by atoms with Gasteiger partial charge >= 0.3 is 5.97 Å². The molecule has 0 radical (unpaired) electrons. The fourth-order valence-electron chi connectivity index (χ4n) is 2.32. The van der Waals surface area contributed by atoms with Gasteiger partial charge in [-0.2, -0.15) is 0 Å². The van der Waals surface area contributed by atoms with Gasteiger partial charge in [0.1, 0.15) is 5.75 Å². The van der Waals surface area contributed by atoms with Gasteiger partial charge in [0.25, 0.3) is 5.91 Å². The molecule has 134 valence electrons. The zero-order chi connectivity index (χ0) is 17.9. The summed E-state index contributed by atoms with van der Waals surface area (Å²) in [6.45, 7) is 0.515. The van der Waals surface area contributed by atoms with E-state index in [2.05, 4.69) is 5.32 Å². The molecule has 0 aliphatic carbocycles. The average molecular weight is 376 g/mol. The predicted octanol–water partition coefficient (Wildman–Crippen LogP) is 4.63. The number of carboxylic acids is 1. The van der Waals surface area contributed by atoms with Gasteiger partial charge in [-0.15, -0.1) is 0 Å². The third-order valence-corrected chi connectivity index (χ3v) is 4.13. The summed E-state index contributed by atoms with van der Waals surface area (Å²) in [6, 6.07) is 2.76. The number of amides is 1. The van der Waals surface area contributed by atoms with E-state index in [1.165, 1.54) is 12.1 Å². The van der Waals surface area contributed by atoms with E-state index < -0.39 is 11.9 Å². The number of aliphatic carboxylic acids is 1. The van der Waals surface area contributed by atoms with Crippen molar-refractivity contribution in [1.82, 2.24) is 5.32 Å². The molecule has 5 nitrogen and oxygen atoms in total. The second-order valence-electron chi connectivity index (χ2n) is 5.66. The van der Waals surface area contributed by atoms with Crippen molar-refractivity contribution in [3.63, 3.8) is 0 Å². The number of rotatable bonds is 11. The molecule has 0 atom stereocenters. The average Bonchev–Trinajstić information content (AvgIpc) is 2.52. The third-order valence-electron chi connectivity index (χ3n) is 3.63. The molecule has 0 aromatic heterocycles. The largest absolute Gasteiger partial charge is 0.506 e. The number of phenols is 1. The number of unbranched alkanes of at least 4 members (excludes halogenated alkanes) is 6. The molecule has 0 heterocycles. The van der Waals surface area contributed by atoms with Crippen molar-refractivity contribution in [2.24, 2.45) is 0 Å². The monoisotopic (exact) mass is 375 g/mol. The summed E-state index contributed by atoms with van der Waals surface area (Å²) in [7, 11) is 0. The Morgan fingerprint density at radius 1 is 0.958 bits per heavy atom. The van der Waals surface area contributed by atoms with Gasteiger partial charge in [-0.05, 0) is 25.0 Å². The molecule has 1 aromatic rings. The molecule has 0 unspecified atom stereocenters. The van der Waals surface area contributed by atoms with E-state index in [0.717, 1.165) is 44.9 Å². The van der Waals surface area contributed by atoms with Crippen molar-refractivity contribution in [3.05, 3.63) is 27.7 Å². The number of hydrogen-bond acceptors (Lipinski definition) is 3. The number of phenolic OH excluding ortho intramolecular Hbond substituents is 1. The molecule has 24 heavy (non-hydrogen) atoms. The molecular weight excluding hydrogens is 353 g/mol. The Morgan fingerprint density at radius 3 is 2.17 bits per heavy atom. The normalized spacial score (nSPS) is 10.6. The molecule has 3 N–H and O–H groups in total. The lowest BCUT2D eigenvalue weighted by Gasteiger charge is -2.08. The SMILES string of the molecule is O=C(O)CCCCCCCCCNC(=O)c1cc(Cl)cc(Cl)c1O. The smallest absolute Gasteiger partial charge is 0.303 e. The van der Waals surface area contributed by atoms with Gasteiger partial charge in [-0.1, -0.05) is 55.3 Å². The lowest BCUT2D eigenvalue weighted by molar-refractivity contribution is -0.137. The fourth-order valence-corrected chi connectivity index (χ4v) is 2.81. The van der Waals surface area contributed by atoms with Crippen molar-refractivity contribution in [3.8, 4) is 5.75 Å².